The summed E-state index contributed by atoms with van der Waals surface area (Å²) in [6.07, 6.45) is 42.3. The van der Waals surface area contributed by atoms with Gasteiger partial charge in [-0.25, -0.2) is 0 Å². The van der Waals surface area contributed by atoms with Gasteiger partial charge < -0.3 is 5.73 Å². The lowest BCUT2D eigenvalue weighted by atomic mass is 10.0. The first-order valence-corrected chi connectivity index (χ1v) is 16.2. The fourth-order valence-electron chi connectivity index (χ4n) is 4.81. The van der Waals surface area contributed by atoms with Crippen molar-refractivity contribution in [2.75, 3.05) is 12.9 Å². The summed E-state index contributed by atoms with van der Waals surface area (Å²) in [6.45, 7) is 3.18. The van der Waals surface area contributed by atoms with E-state index in [1.807, 2.05) is 0 Å². The second-order valence-electron chi connectivity index (χ2n) is 10.3. The molecule has 0 aromatic rings. The zero-order chi connectivity index (χ0) is 24.5. The summed E-state index contributed by atoms with van der Waals surface area (Å²) in [5, 5.41) is 0. The molecular formula is C31H66ClN. The lowest BCUT2D eigenvalue weighted by Crippen LogP contribution is -1.97. The zero-order valence-electron chi connectivity index (χ0n) is 23.5. The molecule has 0 aromatic carbocycles. The van der Waals surface area contributed by atoms with Crippen LogP contribution in [0.3, 0.4) is 0 Å². The second kappa shape index (κ2) is 36.8. The Morgan fingerprint density at radius 2 is 0.455 bits per heavy atom. The van der Waals surface area contributed by atoms with E-state index >= 15 is 0 Å². The van der Waals surface area contributed by atoms with Crippen molar-refractivity contribution in [1.82, 2.24) is 0 Å². The third-order valence-electron chi connectivity index (χ3n) is 7.06. The lowest BCUT2D eigenvalue weighted by molar-refractivity contribution is 0.514. The van der Waals surface area contributed by atoms with Gasteiger partial charge in [0.15, 0.2) is 0 Å². The van der Waals surface area contributed by atoms with Crippen LogP contribution in [0.2, 0.25) is 0 Å². The van der Waals surface area contributed by atoms with Gasteiger partial charge in [-0.15, -0.1) is 11.6 Å². The van der Waals surface area contributed by atoms with Crippen molar-refractivity contribution in [2.24, 2.45) is 5.73 Å². The lowest BCUT2D eigenvalue weighted by Gasteiger charge is -2.04. The molecule has 0 radical (unpaired) electrons. The van der Waals surface area contributed by atoms with Crippen LogP contribution in [0, 0.1) is 0 Å². The number of hydrogen-bond acceptors (Lipinski definition) is 1. The van der Waals surface area contributed by atoms with E-state index in [0.29, 0.717) is 0 Å². The third kappa shape index (κ3) is 37.0. The van der Waals surface area contributed by atoms with Gasteiger partial charge in [0.05, 0.1) is 0 Å². The standard InChI is InChI=1S/C30H63N.CH3Cl/c1-2-3-4-5-6-7-8-9-10-11-12-13-14-15-16-17-18-19-20-21-22-23-24-25-26-27-28-29-30-31;1-2/h2-31H2,1H3;1H3. The summed E-state index contributed by atoms with van der Waals surface area (Å²) in [7, 11) is 0. The fourth-order valence-corrected chi connectivity index (χ4v) is 4.81. The van der Waals surface area contributed by atoms with Gasteiger partial charge in [0.1, 0.15) is 0 Å². The minimum atomic E-state index is 0.874. The highest BCUT2D eigenvalue weighted by molar-refractivity contribution is 6.15. The Bertz CT molecular complexity index is 267. The van der Waals surface area contributed by atoms with E-state index in [1.165, 1.54) is 186 Å². The molecule has 1 nitrogen and oxygen atoms in total. The largest absolute Gasteiger partial charge is 0.330 e. The van der Waals surface area contributed by atoms with Crippen LogP contribution in [-0.2, 0) is 0 Å². The second-order valence-corrected chi connectivity index (χ2v) is 10.3. The SMILES string of the molecule is CCCCCCCCCCCCCCCCCCCCCCCCCCCCCCN.CCl. The first-order valence-electron chi connectivity index (χ1n) is 15.5. The smallest absolute Gasteiger partial charge is 0.0108 e. The van der Waals surface area contributed by atoms with Crippen molar-refractivity contribution in [3.05, 3.63) is 0 Å². The van der Waals surface area contributed by atoms with Crippen molar-refractivity contribution >= 4 is 11.6 Å². The normalized spacial score (nSPS) is 10.9. The molecule has 0 aromatic heterocycles. The molecule has 0 amide bonds. The Balaban J connectivity index is 0. The third-order valence-corrected chi connectivity index (χ3v) is 7.06. The maximum atomic E-state index is 5.53. The first kappa shape index (κ1) is 35.4. The monoisotopic (exact) mass is 487 g/mol. The van der Waals surface area contributed by atoms with E-state index < -0.39 is 0 Å². The summed E-state index contributed by atoms with van der Waals surface area (Å²) in [6, 6.07) is 0. The van der Waals surface area contributed by atoms with E-state index in [2.05, 4.69) is 18.5 Å². The Morgan fingerprint density at radius 1 is 0.303 bits per heavy atom. The topological polar surface area (TPSA) is 26.0 Å². The molecule has 0 spiro atoms. The van der Waals surface area contributed by atoms with Crippen molar-refractivity contribution in [1.29, 1.82) is 0 Å². The maximum absolute atomic E-state index is 5.53. The average molecular weight is 488 g/mol. The Morgan fingerprint density at radius 3 is 0.606 bits per heavy atom. The highest BCUT2D eigenvalue weighted by atomic mass is 35.5. The van der Waals surface area contributed by atoms with Crippen molar-refractivity contribution in [3.8, 4) is 0 Å². The first-order chi connectivity index (χ1) is 16.4. The molecule has 0 heterocycles. The Kier molecular flexibility index (Phi) is 39.5. The molecule has 0 fully saturated rings. The molecule has 0 rings (SSSR count). The predicted molar refractivity (Wildman–Crippen MR) is 156 cm³/mol. The summed E-state index contributed by atoms with van der Waals surface area (Å²) in [4.78, 5) is 0. The molecule has 0 aliphatic rings. The fraction of sp³-hybridized carbons (Fsp3) is 1.00. The molecule has 0 aliphatic carbocycles. The van der Waals surface area contributed by atoms with Crippen LogP contribution in [0.15, 0.2) is 0 Å². The minimum Gasteiger partial charge on any atom is -0.330 e. The Labute approximate surface area is 216 Å². The van der Waals surface area contributed by atoms with Gasteiger partial charge in [-0.1, -0.05) is 180 Å². The van der Waals surface area contributed by atoms with Crippen molar-refractivity contribution in [2.45, 2.75) is 187 Å². The van der Waals surface area contributed by atoms with Crippen LogP contribution in [-0.4, -0.2) is 12.9 Å². The summed E-state index contributed by atoms with van der Waals surface area (Å²) >= 11 is 4.64. The maximum Gasteiger partial charge on any atom is 0.0108 e. The molecule has 2 heteroatoms. The van der Waals surface area contributed by atoms with E-state index in [9.17, 15) is 0 Å². The van der Waals surface area contributed by atoms with E-state index in [0.717, 1.165) is 6.54 Å². The van der Waals surface area contributed by atoms with Crippen LogP contribution < -0.4 is 5.73 Å². The molecule has 33 heavy (non-hydrogen) atoms. The van der Waals surface area contributed by atoms with Gasteiger partial charge in [-0.2, -0.15) is 0 Å². The molecule has 0 saturated heterocycles. The number of hydrogen-bond donors (Lipinski definition) is 1. The quantitative estimate of drug-likeness (QED) is 0.0860. The zero-order valence-corrected chi connectivity index (χ0v) is 24.2. The Hall–Kier alpha value is 0.250. The van der Waals surface area contributed by atoms with Gasteiger partial charge in [0, 0.05) is 6.38 Å². The number of alkyl halides is 1. The van der Waals surface area contributed by atoms with Crippen LogP contribution in [0.5, 0.6) is 0 Å². The molecule has 0 aliphatic heterocycles. The minimum absolute atomic E-state index is 0.874. The van der Waals surface area contributed by atoms with Gasteiger partial charge in [0.2, 0.25) is 0 Å². The molecule has 0 unspecified atom stereocenters. The van der Waals surface area contributed by atoms with Gasteiger partial charge in [0.25, 0.3) is 0 Å². The van der Waals surface area contributed by atoms with Crippen LogP contribution in [0.4, 0.5) is 0 Å². The van der Waals surface area contributed by atoms with E-state index in [4.69, 9.17) is 5.73 Å². The van der Waals surface area contributed by atoms with Gasteiger partial charge >= 0.3 is 0 Å². The van der Waals surface area contributed by atoms with Gasteiger partial charge in [-0.05, 0) is 13.0 Å². The molecule has 0 atom stereocenters. The summed E-state index contributed by atoms with van der Waals surface area (Å²) < 4.78 is 0. The van der Waals surface area contributed by atoms with Crippen LogP contribution >= 0.6 is 11.6 Å². The molecule has 0 saturated carbocycles. The number of rotatable bonds is 28. The number of nitrogens with two attached hydrogens (primary N) is 1. The number of halogens is 1. The number of unbranched alkanes of at least 4 members (excludes halogenated alkanes) is 27. The van der Waals surface area contributed by atoms with Crippen LogP contribution in [0.1, 0.15) is 187 Å². The molecular weight excluding hydrogens is 422 g/mol. The predicted octanol–water partition coefficient (Wildman–Crippen LogP) is 11.7. The van der Waals surface area contributed by atoms with E-state index in [-0.39, 0.29) is 0 Å². The van der Waals surface area contributed by atoms with Crippen LogP contribution in [0.25, 0.3) is 0 Å². The molecule has 0 bridgehead atoms. The summed E-state index contributed by atoms with van der Waals surface area (Å²) in [5.41, 5.74) is 5.53. The average Bonchev–Trinajstić information content (AvgIpc) is 2.85. The molecule has 2 N–H and O–H groups in total. The van der Waals surface area contributed by atoms with Crippen molar-refractivity contribution in [3.63, 3.8) is 0 Å². The highest BCUT2D eigenvalue weighted by Gasteiger charge is 1.96. The highest BCUT2D eigenvalue weighted by Crippen LogP contribution is 2.16. The summed E-state index contributed by atoms with van der Waals surface area (Å²) in [5.74, 6) is 0. The van der Waals surface area contributed by atoms with Gasteiger partial charge in [-0.3, -0.25) is 0 Å². The molecule has 202 valence electrons. The van der Waals surface area contributed by atoms with E-state index in [1.54, 1.807) is 0 Å². The van der Waals surface area contributed by atoms with Crippen molar-refractivity contribution < 1.29 is 0 Å².